The SMILES string of the molecule is CCNC1CCC2(CC1Sc1ccccc1F)OCCO2. The minimum absolute atomic E-state index is 0.148. The molecule has 0 radical (unpaired) electrons. The van der Waals surface area contributed by atoms with Gasteiger partial charge in [0, 0.05) is 29.0 Å². The molecule has 1 aliphatic carbocycles. The summed E-state index contributed by atoms with van der Waals surface area (Å²) in [7, 11) is 0. The van der Waals surface area contributed by atoms with Crippen molar-refractivity contribution < 1.29 is 13.9 Å². The molecule has 3 nitrogen and oxygen atoms in total. The number of rotatable bonds is 4. The molecule has 21 heavy (non-hydrogen) atoms. The molecule has 0 amide bonds. The Morgan fingerprint density at radius 2 is 2.10 bits per heavy atom. The number of benzene rings is 1. The van der Waals surface area contributed by atoms with Gasteiger partial charge in [0.15, 0.2) is 5.79 Å². The number of thioether (sulfide) groups is 1. The van der Waals surface area contributed by atoms with Crippen molar-refractivity contribution >= 4 is 11.8 Å². The predicted molar refractivity (Wildman–Crippen MR) is 82.0 cm³/mol. The summed E-state index contributed by atoms with van der Waals surface area (Å²) < 4.78 is 25.6. The van der Waals surface area contributed by atoms with E-state index in [1.54, 1.807) is 17.8 Å². The summed E-state index contributed by atoms with van der Waals surface area (Å²) in [5.41, 5.74) is 0. The molecule has 0 aromatic heterocycles. The molecule has 1 aromatic rings. The highest BCUT2D eigenvalue weighted by Crippen LogP contribution is 2.43. The van der Waals surface area contributed by atoms with Gasteiger partial charge in [0.1, 0.15) is 5.82 Å². The van der Waals surface area contributed by atoms with Gasteiger partial charge in [-0.1, -0.05) is 19.1 Å². The van der Waals surface area contributed by atoms with E-state index in [2.05, 4.69) is 12.2 Å². The van der Waals surface area contributed by atoms with Gasteiger partial charge in [-0.05, 0) is 25.1 Å². The summed E-state index contributed by atoms with van der Waals surface area (Å²) in [4.78, 5) is 0.709. The van der Waals surface area contributed by atoms with Gasteiger partial charge in [0.2, 0.25) is 0 Å². The zero-order valence-electron chi connectivity index (χ0n) is 12.3. The van der Waals surface area contributed by atoms with Crippen LogP contribution in [-0.4, -0.2) is 36.8 Å². The summed E-state index contributed by atoms with van der Waals surface area (Å²) in [6, 6.07) is 7.35. The fraction of sp³-hybridized carbons (Fsp3) is 0.625. The maximum absolute atomic E-state index is 13.9. The van der Waals surface area contributed by atoms with Crippen molar-refractivity contribution in [1.29, 1.82) is 0 Å². The molecule has 116 valence electrons. The van der Waals surface area contributed by atoms with Crippen molar-refractivity contribution in [3.8, 4) is 0 Å². The van der Waals surface area contributed by atoms with E-state index >= 15 is 0 Å². The highest BCUT2D eigenvalue weighted by atomic mass is 32.2. The van der Waals surface area contributed by atoms with Gasteiger partial charge < -0.3 is 14.8 Å². The van der Waals surface area contributed by atoms with Gasteiger partial charge in [0.25, 0.3) is 0 Å². The van der Waals surface area contributed by atoms with Crippen molar-refractivity contribution in [3.05, 3.63) is 30.1 Å². The predicted octanol–water partition coefficient (Wildman–Crippen LogP) is 3.19. The molecule has 1 spiro atoms. The fourth-order valence-electron chi connectivity index (χ4n) is 3.19. The Balaban J connectivity index is 1.75. The number of hydrogen-bond acceptors (Lipinski definition) is 4. The van der Waals surface area contributed by atoms with E-state index in [1.165, 1.54) is 6.07 Å². The topological polar surface area (TPSA) is 30.5 Å². The summed E-state index contributed by atoms with van der Waals surface area (Å²) in [5, 5.41) is 3.78. The van der Waals surface area contributed by atoms with Gasteiger partial charge in [-0.2, -0.15) is 0 Å². The monoisotopic (exact) mass is 311 g/mol. The molecule has 2 aliphatic rings. The molecule has 3 rings (SSSR count). The molecule has 2 fully saturated rings. The first-order valence-corrected chi connectivity index (χ1v) is 8.53. The number of ether oxygens (including phenoxy) is 2. The quantitative estimate of drug-likeness (QED) is 0.925. The molecule has 5 heteroatoms. The Labute approximate surface area is 129 Å². The minimum Gasteiger partial charge on any atom is -0.347 e. The van der Waals surface area contributed by atoms with Gasteiger partial charge in [-0.15, -0.1) is 11.8 Å². The lowest BCUT2D eigenvalue weighted by Gasteiger charge is -2.41. The summed E-state index contributed by atoms with van der Waals surface area (Å²) in [5.74, 6) is -0.583. The van der Waals surface area contributed by atoms with Crippen molar-refractivity contribution in [1.82, 2.24) is 5.32 Å². The third-order valence-electron chi connectivity index (χ3n) is 4.19. The Bertz CT molecular complexity index is 479. The first-order chi connectivity index (χ1) is 10.2. The van der Waals surface area contributed by atoms with Crippen LogP contribution in [0.25, 0.3) is 0 Å². The molecule has 1 N–H and O–H groups in total. The van der Waals surface area contributed by atoms with Crippen molar-refractivity contribution in [2.24, 2.45) is 0 Å². The summed E-state index contributed by atoms with van der Waals surface area (Å²) in [6.45, 7) is 4.37. The van der Waals surface area contributed by atoms with Crippen LogP contribution in [0.2, 0.25) is 0 Å². The largest absolute Gasteiger partial charge is 0.347 e. The zero-order valence-corrected chi connectivity index (χ0v) is 13.1. The molecule has 1 aromatic carbocycles. The van der Waals surface area contributed by atoms with Crippen LogP contribution in [0.3, 0.4) is 0 Å². The number of hydrogen-bond donors (Lipinski definition) is 1. The first kappa shape index (κ1) is 15.3. The van der Waals surface area contributed by atoms with E-state index in [-0.39, 0.29) is 11.1 Å². The standard InChI is InChI=1S/C16H22FNO2S/c1-2-18-13-7-8-16(19-9-10-20-16)11-15(13)21-14-6-4-3-5-12(14)17/h3-6,13,15,18H,2,7-11H2,1H3. The molecule has 2 unspecified atom stereocenters. The van der Waals surface area contributed by atoms with Crippen LogP contribution in [0, 0.1) is 5.82 Å². The minimum atomic E-state index is -0.436. The Morgan fingerprint density at radius 1 is 1.33 bits per heavy atom. The average molecular weight is 311 g/mol. The Kier molecular flexibility index (Phi) is 4.84. The average Bonchev–Trinajstić information content (AvgIpc) is 2.93. The van der Waals surface area contributed by atoms with E-state index < -0.39 is 5.79 Å². The second kappa shape index (κ2) is 6.65. The van der Waals surface area contributed by atoms with Crippen molar-refractivity contribution in [3.63, 3.8) is 0 Å². The highest BCUT2D eigenvalue weighted by molar-refractivity contribution is 8.00. The van der Waals surface area contributed by atoms with Gasteiger partial charge in [-0.3, -0.25) is 0 Å². The third kappa shape index (κ3) is 3.42. The van der Waals surface area contributed by atoms with Crippen LogP contribution >= 0.6 is 11.8 Å². The maximum Gasteiger partial charge on any atom is 0.169 e. The lowest BCUT2D eigenvalue weighted by molar-refractivity contribution is -0.178. The second-order valence-electron chi connectivity index (χ2n) is 5.60. The van der Waals surface area contributed by atoms with Crippen molar-refractivity contribution in [2.75, 3.05) is 19.8 Å². The van der Waals surface area contributed by atoms with Crippen LogP contribution in [0.4, 0.5) is 4.39 Å². The van der Waals surface area contributed by atoms with Crippen LogP contribution in [0.5, 0.6) is 0 Å². The normalized spacial score (nSPS) is 28.1. The molecular weight excluding hydrogens is 289 g/mol. The molecule has 1 heterocycles. The van der Waals surface area contributed by atoms with Crippen molar-refractivity contribution in [2.45, 2.75) is 48.2 Å². The van der Waals surface area contributed by atoms with E-state index in [4.69, 9.17) is 9.47 Å². The molecule has 1 aliphatic heterocycles. The van der Waals surface area contributed by atoms with Gasteiger partial charge >= 0.3 is 0 Å². The van der Waals surface area contributed by atoms with E-state index in [0.29, 0.717) is 24.2 Å². The summed E-state index contributed by atoms with van der Waals surface area (Å²) in [6.07, 6.45) is 2.72. The Hall–Kier alpha value is -0.620. The van der Waals surface area contributed by atoms with E-state index in [0.717, 1.165) is 25.8 Å². The maximum atomic E-state index is 13.9. The first-order valence-electron chi connectivity index (χ1n) is 7.65. The number of nitrogens with one attached hydrogen (secondary N) is 1. The molecule has 1 saturated heterocycles. The lowest BCUT2D eigenvalue weighted by atomic mass is 9.89. The van der Waals surface area contributed by atoms with Crippen LogP contribution in [0.1, 0.15) is 26.2 Å². The van der Waals surface area contributed by atoms with Crippen LogP contribution in [0.15, 0.2) is 29.2 Å². The highest BCUT2D eigenvalue weighted by Gasteiger charge is 2.45. The third-order valence-corrected chi connectivity index (χ3v) is 5.58. The van der Waals surface area contributed by atoms with Gasteiger partial charge in [-0.25, -0.2) is 4.39 Å². The van der Waals surface area contributed by atoms with E-state index in [1.807, 2.05) is 12.1 Å². The van der Waals surface area contributed by atoms with Gasteiger partial charge in [0.05, 0.1) is 13.2 Å². The fourth-order valence-corrected chi connectivity index (χ4v) is 4.59. The molecular formula is C16H22FNO2S. The van der Waals surface area contributed by atoms with E-state index in [9.17, 15) is 4.39 Å². The zero-order chi connectivity index (χ0) is 14.7. The molecule has 1 saturated carbocycles. The lowest BCUT2D eigenvalue weighted by Crippen LogP contribution is -2.49. The van der Waals surface area contributed by atoms with Crippen LogP contribution in [-0.2, 0) is 9.47 Å². The number of halogens is 1. The second-order valence-corrected chi connectivity index (χ2v) is 6.88. The summed E-state index contributed by atoms with van der Waals surface area (Å²) >= 11 is 1.60. The molecule has 0 bridgehead atoms. The Morgan fingerprint density at radius 3 is 2.81 bits per heavy atom. The smallest absolute Gasteiger partial charge is 0.169 e. The molecule has 2 atom stereocenters. The van der Waals surface area contributed by atoms with Crippen LogP contribution < -0.4 is 5.32 Å².